The average Bonchev–Trinajstić information content (AvgIpc) is 3.40. The molecule has 1 aliphatic heterocycles. The summed E-state index contributed by atoms with van der Waals surface area (Å²) < 4.78 is 16.7. The summed E-state index contributed by atoms with van der Waals surface area (Å²) in [6.45, 7) is 8.20. The van der Waals surface area contributed by atoms with E-state index in [0.717, 1.165) is 11.2 Å². The van der Waals surface area contributed by atoms with Gasteiger partial charge in [-0.25, -0.2) is 0 Å². The largest absolute Gasteiger partial charge is 0.497 e. The number of piperidine rings is 1. The fourth-order valence-corrected chi connectivity index (χ4v) is 7.48. The molecule has 2 amide bonds. The Morgan fingerprint density at radius 3 is 2.51 bits per heavy atom. The quantitative estimate of drug-likeness (QED) is 0.217. The maximum absolute atomic E-state index is 14.7. The summed E-state index contributed by atoms with van der Waals surface area (Å²) in [4.78, 5) is 36.7. The van der Waals surface area contributed by atoms with Gasteiger partial charge < -0.3 is 34.0 Å². The van der Waals surface area contributed by atoms with Crippen molar-refractivity contribution in [3.8, 4) is 11.5 Å². The maximum Gasteiger partial charge on any atom is 0.250 e. The molecule has 0 bridgehead atoms. The summed E-state index contributed by atoms with van der Waals surface area (Å²) in [6, 6.07) is 17.4. The van der Waals surface area contributed by atoms with Crippen molar-refractivity contribution in [2.24, 2.45) is 11.3 Å². The van der Waals surface area contributed by atoms with Crippen molar-refractivity contribution < 1.29 is 23.5 Å². The molecule has 45 heavy (non-hydrogen) atoms. The molecular weight excluding hydrogens is 568 g/mol. The Bertz CT molecular complexity index is 1680. The first-order valence-electron chi connectivity index (χ1n) is 15.7. The van der Waals surface area contributed by atoms with Crippen LogP contribution >= 0.6 is 0 Å². The van der Waals surface area contributed by atoms with Crippen LogP contribution in [0.15, 0.2) is 65.3 Å². The van der Waals surface area contributed by atoms with Gasteiger partial charge in [0.1, 0.15) is 22.8 Å². The molecule has 0 radical (unpaired) electrons. The lowest BCUT2D eigenvalue weighted by Crippen LogP contribution is -2.62. The number of amides is 2. The standard InChI is InChI=1S/C36H44N4O5/c1-23-32(26-11-7-8-12-28(26)37-23)33-27(35(33,2)3)21-31(41)40(22-25-10-9-19-45-25)36(15-17-39(4)18-16-36)34(42)38-29-14-13-24(43-5)20-30(29)44-6/h7-14,19-20,27,33,37H,15-18,21-22H2,1-6H3,(H,38,42)/t27-,33-/m1/s1. The second kappa shape index (κ2) is 11.9. The molecule has 2 N–H and O–H groups in total. The van der Waals surface area contributed by atoms with Crippen molar-refractivity contribution in [1.29, 1.82) is 0 Å². The number of fused-ring (bicyclic) bond motifs is 1. The molecule has 0 unspecified atom stereocenters. The minimum absolute atomic E-state index is 0.0362. The number of H-pyrrole nitrogens is 1. The van der Waals surface area contributed by atoms with Crippen LogP contribution in [0.1, 0.15) is 56.0 Å². The van der Waals surface area contributed by atoms with E-state index in [-0.39, 0.29) is 35.6 Å². The highest BCUT2D eigenvalue weighted by molar-refractivity contribution is 6.01. The van der Waals surface area contributed by atoms with Crippen molar-refractivity contribution in [2.45, 2.75) is 58.0 Å². The van der Waals surface area contributed by atoms with Gasteiger partial charge in [0.15, 0.2) is 0 Å². The monoisotopic (exact) mass is 612 g/mol. The van der Waals surface area contributed by atoms with Crippen molar-refractivity contribution in [1.82, 2.24) is 14.8 Å². The van der Waals surface area contributed by atoms with Gasteiger partial charge in [0.25, 0.3) is 5.91 Å². The lowest BCUT2D eigenvalue weighted by Gasteiger charge is -2.46. The zero-order chi connectivity index (χ0) is 31.9. The van der Waals surface area contributed by atoms with Crippen LogP contribution in [0, 0.1) is 18.3 Å². The number of para-hydroxylation sites is 1. The van der Waals surface area contributed by atoms with E-state index < -0.39 is 5.54 Å². The Hall–Kier alpha value is -4.24. The highest BCUT2D eigenvalue weighted by atomic mass is 16.5. The summed E-state index contributed by atoms with van der Waals surface area (Å²) in [6.07, 6.45) is 2.95. The molecule has 2 aliphatic rings. The first-order valence-corrected chi connectivity index (χ1v) is 15.7. The molecule has 238 valence electrons. The molecule has 2 aromatic heterocycles. The van der Waals surface area contributed by atoms with E-state index in [2.05, 4.69) is 54.2 Å². The number of carbonyl (C=O) groups is 2. The summed E-state index contributed by atoms with van der Waals surface area (Å²) in [7, 11) is 5.20. The molecule has 2 aromatic carbocycles. The van der Waals surface area contributed by atoms with E-state index in [0.29, 0.717) is 55.3 Å². The summed E-state index contributed by atoms with van der Waals surface area (Å²) >= 11 is 0. The van der Waals surface area contributed by atoms with Gasteiger partial charge in [-0.05, 0) is 80.0 Å². The number of anilines is 1. The van der Waals surface area contributed by atoms with Gasteiger partial charge in [-0.3, -0.25) is 9.59 Å². The van der Waals surface area contributed by atoms with E-state index >= 15 is 0 Å². The highest BCUT2D eigenvalue weighted by Gasteiger charge is 2.61. The van der Waals surface area contributed by atoms with Gasteiger partial charge in [0.2, 0.25) is 5.91 Å². The molecule has 0 spiro atoms. The molecule has 1 saturated carbocycles. The molecule has 3 heterocycles. The molecular formula is C36H44N4O5. The number of benzene rings is 2. The van der Waals surface area contributed by atoms with E-state index in [4.69, 9.17) is 13.9 Å². The third kappa shape index (κ3) is 5.58. The summed E-state index contributed by atoms with van der Waals surface area (Å²) in [5.41, 5.74) is 2.95. The fraction of sp³-hybridized carbons (Fsp3) is 0.444. The van der Waals surface area contributed by atoms with Gasteiger partial charge in [0.05, 0.1) is 32.7 Å². The SMILES string of the molecule is COc1ccc(NC(=O)C2(N(Cc3ccco3)C(=O)C[C@@H]3[C@H](c4c(C)[nH]c5ccccc45)C3(C)C)CCN(C)CC2)c(OC)c1. The number of likely N-dealkylation sites (tertiary alicyclic amines) is 1. The Morgan fingerprint density at radius 1 is 1.07 bits per heavy atom. The summed E-state index contributed by atoms with van der Waals surface area (Å²) in [5, 5.41) is 4.35. The minimum atomic E-state index is -1.08. The topological polar surface area (TPSA) is 100 Å². The third-order valence-corrected chi connectivity index (χ3v) is 10.3. The second-order valence-corrected chi connectivity index (χ2v) is 13.2. The predicted octanol–water partition coefficient (Wildman–Crippen LogP) is 6.35. The zero-order valence-electron chi connectivity index (χ0n) is 27.1. The van der Waals surface area contributed by atoms with E-state index in [1.165, 1.54) is 10.9 Å². The van der Waals surface area contributed by atoms with Crippen LogP contribution in [-0.4, -0.2) is 66.5 Å². The molecule has 6 rings (SSSR count). The van der Waals surface area contributed by atoms with Gasteiger partial charge >= 0.3 is 0 Å². The van der Waals surface area contributed by atoms with Crippen molar-refractivity contribution in [3.63, 3.8) is 0 Å². The Kier molecular flexibility index (Phi) is 8.16. The van der Waals surface area contributed by atoms with Crippen molar-refractivity contribution in [2.75, 3.05) is 39.7 Å². The van der Waals surface area contributed by atoms with Crippen LogP contribution in [0.5, 0.6) is 11.5 Å². The van der Waals surface area contributed by atoms with Gasteiger partial charge in [-0.15, -0.1) is 0 Å². The number of aryl methyl sites for hydroxylation is 1. The number of carbonyl (C=O) groups excluding carboxylic acids is 2. The number of ether oxygens (including phenoxy) is 2. The number of nitrogens with zero attached hydrogens (tertiary/aromatic N) is 2. The molecule has 9 nitrogen and oxygen atoms in total. The zero-order valence-corrected chi connectivity index (χ0v) is 27.1. The van der Waals surface area contributed by atoms with Crippen LogP contribution in [0.3, 0.4) is 0 Å². The lowest BCUT2D eigenvalue weighted by molar-refractivity contribution is -0.150. The third-order valence-electron chi connectivity index (χ3n) is 10.3. The summed E-state index contributed by atoms with van der Waals surface area (Å²) in [5.74, 6) is 1.87. The minimum Gasteiger partial charge on any atom is -0.497 e. The van der Waals surface area contributed by atoms with Gasteiger partial charge in [-0.1, -0.05) is 32.0 Å². The van der Waals surface area contributed by atoms with E-state index in [9.17, 15) is 9.59 Å². The number of methoxy groups -OCH3 is 2. The van der Waals surface area contributed by atoms with Crippen LogP contribution in [-0.2, 0) is 16.1 Å². The Morgan fingerprint density at radius 2 is 1.82 bits per heavy atom. The molecule has 9 heteroatoms. The van der Waals surface area contributed by atoms with Crippen LogP contribution in [0.2, 0.25) is 0 Å². The number of hydrogen-bond donors (Lipinski definition) is 2. The molecule has 4 aromatic rings. The van der Waals surface area contributed by atoms with Gasteiger partial charge in [-0.2, -0.15) is 0 Å². The molecule has 1 saturated heterocycles. The van der Waals surface area contributed by atoms with Crippen molar-refractivity contribution >= 4 is 28.4 Å². The molecule has 2 fully saturated rings. The number of aromatic nitrogens is 1. The van der Waals surface area contributed by atoms with Crippen LogP contribution < -0.4 is 14.8 Å². The van der Waals surface area contributed by atoms with Crippen LogP contribution in [0.25, 0.3) is 10.9 Å². The predicted molar refractivity (Wildman–Crippen MR) is 175 cm³/mol. The van der Waals surface area contributed by atoms with E-state index in [1.54, 1.807) is 43.6 Å². The first kappa shape index (κ1) is 30.8. The Balaban J connectivity index is 1.34. The number of hydrogen-bond acceptors (Lipinski definition) is 6. The smallest absolute Gasteiger partial charge is 0.250 e. The number of aromatic amines is 1. The molecule has 2 atom stereocenters. The number of furan rings is 1. The highest BCUT2D eigenvalue weighted by Crippen LogP contribution is 2.67. The van der Waals surface area contributed by atoms with Gasteiger partial charge in [0, 0.05) is 42.2 Å². The van der Waals surface area contributed by atoms with Crippen LogP contribution in [0.4, 0.5) is 5.69 Å². The maximum atomic E-state index is 14.7. The fourth-order valence-electron chi connectivity index (χ4n) is 7.48. The normalized spacial score (nSPS) is 20.5. The molecule has 1 aliphatic carbocycles. The lowest BCUT2D eigenvalue weighted by atomic mass is 9.83. The number of nitrogens with one attached hydrogen (secondary N) is 2. The first-order chi connectivity index (χ1) is 21.6. The average molecular weight is 613 g/mol. The Labute approximate surface area is 264 Å². The second-order valence-electron chi connectivity index (χ2n) is 13.2. The van der Waals surface area contributed by atoms with Crippen molar-refractivity contribution in [3.05, 3.63) is 77.9 Å². The van der Waals surface area contributed by atoms with E-state index in [1.807, 2.05) is 25.2 Å². The number of rotatable bonds is 10.